The second kappa shape index (κ2) is 4.17. The number of aromatic carboxylic acids is 1. The summed E-state index contributed by atoms with van der Waals surface area (Å²) < 4.78 is 35.5. The van der Waals surface area contributed by atoms with Gasteiger partial charge in [-0.25, -0.2) is 9.78 Å². The summed E-state index contributed by atoms with van der Waals surface area (Å²) in [6, 6.07) is 1.88. The van der Waals surface area contributed by atoms with Gasteiger partial charge in [-0.15, -0.1) is 0 Å². The summed E-state index contributed by atoms with van der Waals surface area (Å²) >= 11 is 0. The molecular formula is C8H5F3N2O3. The molecule has 0 aromatic carbocycles. The van der Waals surface area contributed by atoms with Gasteiger partial charge in [0.1, 0.15) is 5.69 Å². The van der Waals surface area contributed by atoms with Gasteiger partial charge in [-0.1, -0.05) is 0 Å². The number of nitrogens with zero attached hydrogens (tertiary/aromatic N) is 1. The summed E-state index contributed by atoms with van der Waals surface area (Å²) in [7, 11) is 0. The molecule has 0 saturated heterocycles. The number of amides is 1. The topological polar surface area (TPSA) is 79.3 Å². The molecule has 1 amide bonds. The lowest BCUT2D eigenvalue weighted by Gasteiger charge is -2.07. The smallest absolute Gasteiger partial charge is 0.471 e. The number of carbonyl (C=O) groups excluding carboxylic acids is 1. The second-order valence-electron chi connectivity index (χ2n) is 2.69. The molecular weight excluding hydrogens is 229 g/mol. The third-order valence-corrected chi connectivity index (χ3v) is 1.49. The highest BCUT2D eigenvalue weighted by Gasteiger charge is 2.38. The van der Waals surface area contributed by atoms with Gasteiger partial charge in [-0.3, -0.25) is 4.79 Å². The zero-order valence-corrected chi connectivity index (χ0v) is 7.58. The van der Waals surface area contributed by atoms with E-state index in [1.54, 1.807) is 0 Å². The van der Waals surface area contributed by atoms with Crippen LogP contribution in [-0.4, -0.2) is 28.1 Å². The van der Waals surface area contributed by atoms with Crippen LogP contribution in [0, 0.1) is 0 Å². The number of alkyl halides is 3. The standard InChI is InChI=1S/C8H5F3N2O3/c9-8(10,11)7(16)13-4-1-2-12-5(3-4)6(14)15/h1-3H,(H,14,15)(H,12,13,16). The molecule has 1 rings (SSSR count). The van der Waals surface area contributed by atoms with Crippen molar-refractivity contribution in [2.75, 3.05) is 5.32 Å². The summed E-state index contributed by atoms with van der Waals surface area (Å²) in [6.07, 6.45) is -4.04. The van der Waals surface area contributed by atoms with Crippen molar-refractivity contribution in [2.45, 2.75) is 6.18 Å². The van der Waals surface area contributed by atoms with Crippen LogP contribution in [0.4, 0.5) is 18.9 Å². The zero-order chi connectivity index (χ0) is 12.3. The number of hydrogen-bond donors (Lipinski definition) is 2. The van der Waals surface area contributed by atoms with Crippen LogP contribution >= 0.6 is 0 Å². The Morgan fingerprint density at radius 2 is 2.00 bits per heavy atom. The molecule has 8 heteroatoms. The Bertz CT molecular complexity index is 431. The highest BCUT2D eigenvalue weighted by Crippen LogP contribution is 2.18. The van der Waals surface area contributed by atoms with Gasteiger partial charge in [0.15, 0.2) is 0 Å². The second-order valence-corrected chi connectivity index (χ2v) is 2.69. The van der Waals surface area contributed by atoms with Gasteiger partial charge in [0.25, 0.3) is 0 Å². The first-order chi connectivity index (χ1) is 7.30. The quantitative estimate of drug-likeness (QED) is 0.807. The summed E-state index contributed by atoms with van der Waals surface area (Å²) in [5.74, 6) is -3.57. The maximum atomic E-state index is 11.8. The average molecular weight is 234 g/mol. The molecule has 5 nitrogen and oxygen atoms in total. The SMILES string of the molecule is O=C(O)c1cc(NC(=O)C(F)(F)F)ccn1. The minimum Gasteiger partial charge on any atom is -0.477 e. The number of carbonyl (C=O) groups is 2. The van der Waals surface area contributed by atoms with Gasteiger partial charge in [0.2, 0.25) is 0 Å². The summed E-state index contributed by atoms with van der Waals surface area (Å²) in [5, 5.41) is 10.0. The molecule has 1 heterocycles. The Labute approximate surface area is 86.9 Å². The molecule has 0 atom stereocenters. The first-order valence-electron chi connectivity index (χ1n) is 3.88. The Morgan fingerprint density at radius 3 is 2.50 bits per heavy atom. The number of nitrogens with one attached hydrogen (secondary N) is 1. The van der Waals surface area contributed by atoms with Crippen LogP contribution in [0.25, 0.3) is 0 Å². The predicted molar refractivity (Wildman–Crippen MR) is 45.9 cm³/mol. The van der Waals surface area contributed by atoms with Crippen molar-refractivity contribution in [1.82, 2.24) is 4.98 Å². The van der Waals surface area contributed by atoms with Crippen LogP contribution in [0.2, 0.25) is 0 Å². The van der Waals surface area contributed by atoms with Crippen molar-refractivity contribution >= 4 is 17.6 Å². The van der Waals surface area contributed by atoms with Crippen LogP contribution in [-0.2, 0) is 4.79 Å². The van der Waals surface area contributed by atoms with Crippen LogP contribution in [0.1, 0.15) is 10.5 Å². The van der Waals surface area contributed by atoms with Crippen molar-refractivity contribution in [3.63, 3.8) is 0 Å². The van der Waals surface area contributed by atoms with E-state index >= 15 is 0 Å². The van der Waals surface area contributed by atoms with E-state index in [0.29, 0.717) is 0 Å². The minimum absolute atomic E-state index is 0.283. The van der Waals surface area contributed by atoms with Crippen molar-refractivity contribution in [3.8, 4) is 0 Å². The van der Waals surface area contributed by atoms with E-state index in [0.717, 1.165) is 18.3 Å². The highest BCUT2D eigenvalue weighted by molar-refractivity contribution is 5.96. The summed E-state index contributed by atoms with van der Waals surface area (Å²) in [5.41, 5.74) is -0.741. The largest absolute Gasteiger partial charge is 0.477 e. The number of anilines is 1. The number of rotatable bonds is 2. The maximum absolute atomic E-state index is 11.8. The van der Waals surface area contributed by atoms with E-state index < -0.39 is 23.7 Å². The predicted octanol–water partition coefficient (Wildman–Crippen LogP) is 1.28. The number of hydrogen-bond acceptors (Lipinski definition) is 3. The maximum Gasteiger partial charge on any atom is 0.471 e. The van der Waals surface area contributed by atoms with Gasteiger partial charge in [0.05, 0.1) is 0 Å². The lowest BCUT2D eigenvalue weighted by atomic mass is 10.3. The number of pyridine rings is 1. The molecule has 16 heavy (non-hydrogen) atoms. The van der Waals surface area contributed by atoms with Crippen molar-refractivity contribution in [2.24, 2.45) is 0 Å². The van der Waals surface area contributed by atoms with Crippen LogP contribution in [0.5, 0.6) is 0 Å². The molecule has 0 saturated carbocycles. The molecule has 1 aromatic heterocycles. The van der Waals surface area contributed by atoms with Gasteiger partial charge < -0.3 is 10.4 Å². The first kappa shape index (κ1) is 12.0. The lowest BCUT2D eigenvalue weighted by molar-refractivity contribution is -0.167. The Kier molecular flexibility index (Phi) is 3.11. The van der Waals surface area contributed by atoms with Gasteiger partial charge >= 0.3 is 18.1 Å². The molecule has 0 radical (unpaired) electrons. The monoisotopic (exact) mass is 234 g/mol. The van der Waals surface area contributed by atoms with E-state index in [4.69, 9.17) is 5.11 Å². The average Bonchev–Trinajstić information content (AvgIpc) is 2.16. The van der Waals surface area contributed by atoms with Crippen molar-refractivity contribution in [1.29, 1.82) is 0 Å². The Hall–Kier alpha value is -2.12. The van der Waals surface area contributed by atoms with Crippen LogP contribution < -0.4 is 5.32 Å². The number of halogens is 3. The molecule has 0 unspecified atom stereocenters. The first-order valence-corrected chi connectivity index (χ1v) is 3.88. The van der Waals surface area contributed by atoms with Crippen LogP contribution in [0.15, 0.2) is 18.3 Å². The van der Waals surface area contributed by atoms with E-state index in [9.17, 15) is 22.8 Å². The lowest BCUT2D eigenvalue weighted by Crippen LogP contribution is -2.30. The number of carboxylic acids is 1. The van der Waals surface area contributed by atoms with Gasteiger partial charge in [0, 0.05) is 11.9 Å². The molecule has 0 aliphatic heterocycles. The third kappa shape index (κ3) is 2.94. The fourth-order valence-corrected chi connectivity index (χ4v) is 0.827. The molecule has 1 aromatic rings. The normalized spacial score (nSPS) is 10.9. The van der Waals surface area contributed by atoms with E-state index in [2.05, 4.69) is 4.98 Å². The molecule has 2 N–H and O–H groups in total. The molecule has 0 aliphatic carbocycles. The van der Waals surface area contributed by atoms with Crippen molar-refractivity contribution in [3.05, 3.63) is 24.0 Å². The molecule has 0 aliphatic rings. The fourth-order valence-electron chi connectivity index (χ4n) is 0.827. The number of aromatic nitrogens is 1. The third-order valence-electron chi connectivity index (χ3n) is 1.49. The van der Waals surface area contributed by atoms with E-state index in [1.165, 1.54) is 5.32 Å². The summed E-state index contributed by atoms with van der Waals surface area (Å²) in [6.45, 7) is 0. The molecule has 86 valence electrons. The van der Waals surface area contributed by atoms with Gasteiger partial charge in [-0.05, 0) is 12.1 Å². The number of carboxylic acid groups (broad SMARTS) is 1. The molecule has 0 bridgehead atoms. The zero-order valence-electron chi connectivity index (χ0n) is 7.58. The Balaban J connectivity index is 2.87. The molecule has 0 fully saturated rings. The van der Waals surface area contributed by atoms with Gasteiger partial charge in [-0.2, -0.15) is 13.2 Å². The fraction of sp³-hybridized carbons (Fsp3) is 0.125. The summed E-state index contributed by atoms with van der Waals surface area (Å²) in [4.78, 5) is 24.3. The Morgan fingerprint density at radius 1 is 1.38 bits per heavy atom. The van der Waals surface area contributed by atoms with E-state index in [-0.39, 0.29) is 5.69 Å². The van der Waals surface area contributed by atoms with E-state index in [1.807, 2.05) is 0 Å². The van der Waals surface area contributed by atoms with Crippen molar-refractivity contribution < 1.29 is 27.9 Å². The molecule has 0 spiro atoms. The highest BCUT2D eigenvalue weighted by atomic mass is 19.4. The van der Waals surface area contributed by atoms with Crippen LogP contribution in [0.3, 0.4) is 0 Å². The minimum atomic E-state index is -5.02.